The molecule has 0 spiro atoms. The van der Waals surface area contributed by atoms with Crippen molar-refractivity contribution in [3.8, 4) is 23.0 Å². The van der Waals surface area contributed by atoms with Crippen molar-refractivity contribution in [1.82, 2.24) is 0 Å². The smallest absolute Gasteiger partial charge is 0.343 e. The highest BCUT2D eigenvalue weighted by Gasteiger charge is 2.17. The zero-order valence-corrected chi connectivity index (χ0v) is 18.6. The van der Waals surface area contributed by atoms with Gasteiger partial charge in [0.15, 0.2) is 23.0 Å². The average Bonchev–Trinajstić information content (AvgIpc) is 2.86. The Hall–Kier alpha value is -4.46. The molecule has 3 aromatic carbocycles. The van der Waals surface area contributed by atoms with Crippen LogP contribution in [0.5, 0.6) is 23.0 Å². The number of carbonyl (C=O) groups excluding carboxylic acids is 4. The van der Waals surface area contributed by atoms with E-state index in [1.54, 1.807) is 13.8 Å². The molecule has 34 heavy (non-hydrogen) atoms. The Labute approximate surface area is 196 Å². The molecule has 0 radical (unpaired) electrons. The maximum Gasteiger partial charge on any atom is 0.343 e. The number of rotatable bonds is 10. The van der Waals surface area contributed by atoms with E-state index < -0.39 is 11.9 Å². The second kappa shape index (κ2) is 11.4. The number of carbonyl (C=O) groups is 4. The van der Waals surface area contributed by atoms with Crippen molar-refractivity contribution in [3.63, 3.8) is 0 Å². The molecular formula is C26H22O8. The van der Waals surface area contributed by atoms with E-state index in [0.29, 0.717) is 36.9 Å². The van der Waals surface area contributed by atoms with E-state index in [0.717, 1.165) is 0 Å². The zero-order chi connectivity index (χ0) is 24.5. The zero-order valence-electron chi connectivity index (χ0n) is 18.6. The first-order valence-electron chi connectivity index (χ1n) is 10.5. The van der Waals surface area contributed by atoms with E-state index in [9.17, 15) is 19.2 Å². The van der Waals surface area contributed by atoms with Crippen LogP contribution in [0.4, 0.5) is 0 Å². The molecule has 0 aliphatic heterocycles. The normalized spacial score (nSPS) is 10.2. The molecule has 0 unspecified atom stereocenters. The maximum atomic E-state index is 12.6. The van der Waals surface area contributed by atoms with Crippen molar-refractivity contribution in [2.75, 3.05) is 13.2 Å². The summed E-state index contributed by atoms with van der Waals surface area (Å²) in [6.45, 7) is 4.19. The Morgan fingerprint density at radius 3 is 1.32 bits per heavy atom. The molecular weight excluding hydrogens is 440 g/mol. The van der Waals surface area contributed by atoms with Crippen LogP contribution in [-0.2, 0) is 0 Å². The molecule has 0 bridgehead atoms. The van der Waals surface area contributed by atoms with Crippen molar-refractivity contribution in [1.29, 1.82) is 0 Å². The molecule has 0 aliphatic rings. The van der Waals surface area contributed by atoms with Gasteiger partial charge < -0.3 is 18.9 Å². The van der Waals surface area contributed by atoms with E-state index in [4.69, 9.17) is 18.9 Å². The molecule has 0 saturated carbocycles. The molecule has 0 atom stereocenters. The van der Waals surface area contributed by atoms with Crippen LogP contribution in [0.25, 0.3) is 0 Å². The predicted octanol–water partition coefficient (Wildman–Crippen LogP) is 4.55. The molecule has 3 rings (SSSR count). The topological polar surface area (TPSA) is 105 Å². The predicted molar refractivity (Wildman–Crippen MR) is 122 cm³/mol. The lowest BCUT2D eigenvalue weighted by Crippen LogP contribution is -2.12. The molecule has 174 valence electrons. The molecule has 8 heteroatoms. The van der Waals surface area contributed by atoms with Gasteiger partial charge in [-0.2, -0.15) is 0 Å². The first-order valence-corrected chi connectivity index (χ1v) is 10.5. The van der Waals surface area contributed by atoms with Gasteiger partial charge in [0.25, 0.3) is 0 Å². The van der Waals surface area contributed by atoms with Gasteiger partial charge in [-0.1, -0.05) is 0 Å². The fourth-order valence-corrected chi connectivity index (χ4v) is 2.96. The lowest BCUT2D eigenvalue weighted by Gasteiger charge is -2.12. The third-order valence-corrected chi connectivity index (χ3v) is 4.57. The van der Waals surface area contributed by atoms with Gasteiger partial charge in [0.1, 0.15) is 12.6 Å². The van der Waals surface area contributed by atoms with E-state index in [-0.39, 0.29) is 34.1 Å². The summed E-state index contributed by atoms with van der Waals surface area (Å²) in [5.41, 5.74) is 1.17. The van der Waals surface area contributed by atoms with Crippen molar-refractivity contribution in [2.45, 2.75) is 13.8 Å². The first kappa shape index (κ1) is 24.2. The van der Waals surface area contributed by atoms with E-state index in [1.807, 2.05) is 0 Å². The average molecular weight is 462 g/mol. The van der Waals surface area contributed by atoms with Crippen molar-refractivity contribution >= 4 is 24.5 Å². The minimum absolute atomic E-state index is 0.170. The molecule has 0 aliphatic carbocycles. The van der Waals surface area contributed by atoms with Crippen molar-refractivity contribution < 1.29 is 38.1 Å². The molecule has 0 heterocycles. The van der Waals surface area contributed by atoms with Gasteiger partial charge >= 0.3 is 11.9 Å². The van der Waals surface area contributed by atoms with Gasteiger partial charge in [-0.3, -0.25) is 9.59 Å². The van der Waals surface area contributed by atoms with Crippen LogP contribution in [0.2, 0.25) is 0 Å². The Morgan fingerprint density at radius 2 is 1.00 bits per heavy atom. The first-order chi connectivity index (χ1) is 16.5. The fraction of sp³-hybridized carbons (Fsp3) is 0.154. The van der Waals surface area contributed by atoms with E-state index in [2.05, 4.69) is 0 Å². The monoisotopic (exact) mass is 462 g/mol. The van der Waals surface area contributed by atoms with Crippen molar-refractivity contribution in [2.24, 2.45) is 0 Å². The minimum Gasteiger partial charge on any atom is -0.490 e. The number of aldehydes is 2. The van der Waals surface area contributed by atoms with Gasteiger partial charge in [-0.05, 0) is 74.5 Å². The number of hydrogen-bond donors (Lipinski definition) is 0. The minimum atomic E-state index is -0.664. The van der Waals surface area contributed by atoms with Gasteiger partial charge in [-0.15, -0.1) is 0 Å². The molecule has 0 aromatic heterocycles. The van der Waals surface area contributed by atoms with Crippen LogP contribution in [0.3, 0.4) is 0 Å². The number of hydrogen-bond acceptors (Lipinski definition) is 8. The summed E-state index contributed by atoms with van der Waals surface area (Å²) >= 11 is 0. The SMILES string of the molecule is CCOc1cc(C=O)ccc1OC(=O)c1ccc(C(=O)Oc2ccc(C=O)cc2OCC)cc1. The highest BCUT2D eigenvalue weighted by Crippen LogP contribution is 2.30. The Morgan fingerprint density at radius 1 is 0.618 bits per heavy atom. The summed E-state index contributed by atoms with van der Waals surface area (Å²) < 4.78 is 21.7. The molecule has 0 amide bonds. The van der Waals surface area contributed by atoms with Gasteiger partial charge in [0.05, 0.1) is 24.3 Å². The fourth-order valence-electron chi connectivity index (χ4n) is 2.96. The van der Waals surface area contributed by atoms with Crippen LogP contribution < -0.4 is 18.9 Å². The summed E-state index contributed by atoms with van der Waals surface area (Å²) in [5, 5.41) is 0. The summed E-state index contributed by atoms with van der Waals surface area (Å²) in [6, 6.07) is 14.7. The second-order valence-corrected chi connectivity index (χ2v) is 6.87. The summed E-state index contributed by atoms with van der Waals surface area (Å²) in [7, 11) is 0. The molecule has 8 nitrogen and oxygen atoms in total. The molecule has 0 N–H and O–H groups in total. The van der Waals surface area contributed by atoms with Gasteiger partial charge in [-0.25, -0.2) is 9.59 Å². The second-order valence-electron chi connectivity index (χ2n) is 6.87. The number of ether oxygens (including phenoxy) is 4. The summed E-state index contributed by atoms with van der Waals surface area (Å²) in [5.74, 6) is -0.449. The third-order valence-electron chi connectivity index (χ3n) is 4.57. The van der Waals surface area contributed by atoms with Crippen LogP contribution in [0.15, 0.2) is 60.7 Å². The lowest BCUT2D eigenvalue weighted by molar-refractivity contribution is 0.0714. The number of benzene rings is 3. The van der Waals surface area contributed by atoms with Crippen LogP contribution in [-0.4, -0.2) is 37.7 Å². The quantitative estimate of drug-likeness (QED) is 0.246. The van der Waals surface area contributed by atoms with Crippen LogP contribution in [0, 0.1) is 0 Å². The number of esters is 2. The van der Waals surface area contributed by atoms with Crippen LogP contribution in [0.1, 0.15) is 55.3 Å². The van der Waals surface area contributed by atoms with Gasteiger partial charge in [0.2, 0.25) is 0 Å². The highest BCUT2D eigenvalue weighted by molar-refractivity contribution is 5.95. The van der Waals surface area contributed by atoms with Crippen LogP contribution >= 0.6 is 0 Å². The molecule has 0 saturated heterocycles. The van der Waals surface area contributed by atoms with E-state index in [1.165, 1.54) is 60.7 Å². The molecule has 0 fully saturated rings. The largest absolute Gasteiger partial charge is 0.490 e. The third kappa shape index (κ3) is 5.86. The highest BCUT2D eigenvalue weighted by atomic mass is 16.6. The summed E-state index contributed by atoms with van der Waals surface area (Å²) in [6.07, 6.45) is 1.33. The lowest BCUT2D eigenvalue weighted by atomic mass is 10.1. The Kier molecular flexibility index (Phi) is 8.12. The summed E-state index contributed by atoms with van der Waals surface area (Å²) in [4.78, 5) is 47.1. The van der Waals surface area contributed by atoms with Crippen molar-refractivity contribution in [3.05, 3.63) is 82.9 Å². The Bertz CT molecular complexity index is 1100. The maximum absolute atomic E-state index is 12.6. The standard InChI is InChI=1S/C26H22O8/c1-3-31-23-13-17(15-27)5-11-21(23)33-25(29)19-7-9-20(10-8-19)26(30)34-22-12-6-18(16-28)14-24(22)32-4-2/h5-16H,3-4H2,1-2H3. The van der Waals surface area contributed by atoms with E-state index >= 15 is 0 Å². The Balaban J connectivity index is 1.73. The molecule has 3 aromatic rings. The van der Waals surface area contributed by atoms with Gasteiger partial charge in [0, 0.05) is 11.1 Å².